The van der Waals surface area contributed by atoms with E-state index in [0.29, 0.717) is 36.7 Å². The van der Waals surface area contributed by atoms with E-state index >= 15 is 0 Å². The molecule has 0 bridgehead atoms. The molecule has 2 aromatic carbocycles. The van der Waals surface area contributed by atoms with E-state index in [-0.39, 0.29) is 17.8 Å². The molecule has 1 amide bonds. The van der Waals surface area contributed by atoms with Crippen LogP contribution in [-0.2, 0) is 11.3 Å². The van der Waals surface area contributed by atoms with E-state index in [2.05, 4.69) is 10.1 Å². The van der Waals surface area contributed by atoms with Crippen molar-refractivity contribution < 1.29 is 13.7 Å². The van der Waals surface area contributed by atoms with Gasteiger partial charge >= 0.3 is 0 Å². The Morgan fingerprint density at radius 1 is 1.15 bits per heavy atom. The molecule has 1 aliphatic heterocycles. The first-order valence-electron chi connectivity index (χ1n) is 8.55. The molecule has 1 atom stereocenters. The second kappa shape index (κ2) is 6.71. The van der Waals surface area contributed by atoms with Gasteiger partial charge in [-0.1, -0.05) is 35.0 Å². The highest BCUT2D eigenvalue weighted by molar-refractivity contribution is 5.78. The highest BCUT2D eigenvalue weighted by atomic mass is 19.1. The molecule has 0 radical (unpaired) electrons. The molecular formula is C20H18FN3O2. The summed E-state index contributed by atoms with van der Waals surface area (Å²) in [6.45, 7) is 2.54. The summed E-state index contributed by atoms with van der Waals surface area (Å²) in [5.41, 5.74) is 2.92. The average molecular weight is 351 g/mol. The molecule has 1 fully saturated rings. The fourth-order valence-corrected chi connectivity index (χ4v) is 3.17. The summed E-state index contributed by atoms with van der Waals surface area (Å²) in [7, 11) is 0. The van der Waals surface area contributed by atoms with Crippen LogP contribution in [0, 0.1) is 12.7 Å². The van der Waals surface area contributed by atoms with Crippen molar-refractivity contribution in [3.05, 3.63) is 71.4 Å². The van der Waals surface area contributed by atoms with Crippen LogP contribution >= 0.6 is 0 Å². The number of likely N-dealkylation sites (tertiary alicyclic amines) is 1. The molecule has 26 heavy (non-hydrogen) atoms. The Bertz CT molecular complexity index is 919. The molecule has 132 valence electrons. The summed E-state index contributed by atoms with van der Waals surface area (Å²) in [6, 6.07) is 13.8. The van der Waals surface area contributed by atoms with E-state index < -0.39 is 0 Å². The Labute approximate surface area is 150 Å². The molecule has 5 nitrogen and oxygen atoms in total. The summed E-state index contributed by atoms with van der Waals surface area (Å²) in [6.07, 6.45) is 1.11. The van der Waals surface area contributed by atoms with Gasteiger partial charge in [0, 0.05) is 18.5 Å². The highest BCUT2D eigenvalue weighted by Crippen LogP contribution is 2.34. The number of nitrogens with zero attached hydrogens (tertiary/aromatic N) is 3. The van der Waals surface area contributed by atoms with Gasteiger partial charge in [0.25, 0.3) is 0 Å². The number of amides is 1. The fourth-order valence-electron chi connectivity index (χ4n) is 3.17. The van der Waals surface area contributed by atoms with Gasteiger partial charge in [-0.15, -0.1) is 0 Å². The van der Waals surface area contributed by atoms with Gasteiger partial charge in [-0.05, 0) is 43.2 Å². The molecule has 1 saturated heterocycles. The molecular weight excluding hydrogens is 333 g/mol. The van der Waals surface area contributed by atoms with E-state index in [9.17, 15) is 9.18 Å². The molecule has 1 aliphatic rings. The van der Waals surface area contributed by atoms with Crippen molar-refractivity contribution in [2.75, 3.05) is 0 Å². The van der Waals surface area contributed by atoms with Crippen LogP contribution in [0.5, 0.6) is 0 Å². The number of aryl methyl sites for hydroxylation is 1. The molecule has 1 unspecified atom stereocenters. The molecule has 6 heteroatoms. The standard InChI is InChI=1S/C20H18FN3O2/c1-13-2-4-14(5-3-13)12-24-17(10-11-18(24)25)20-22-19(23-26-20)15-6-8-16(21)9-7-15/h2-9,17H,10-12H2,1H3. The van der Waals surface area contributed by atoms with Gasteiger partial charge in [0.2, 0.25) is 17.6 Å². The van der Waals surface area contributed by atoms with Crippen LogP contribution < -0.4 is 0 Å². The van der Waals surface area contributed by atoms with Crippen LogP contribution in [0.25, 0.3) is 11.4 Å². The smallest absolute Gasteiger partial charge is 0.249 e. The SMILES string of the molecule is Cc1ccc(CN2C(=O)CCC2c2nc(-c3ccc(F)cc3)no2)cc1. The zero-order valence-electron chi connectivity index (χ0n) is 14.4. The first kappa shape index (κ1) is 16.4. The first-order valence-corrected chi connectivity index (χ1v) is 8.55. The summed E-state index contributed by atoms with van der Waals surface area (Å²) < 4.78 is 18.5. The zero-order valence-corrected chi connectivity index (χ0v) is 14.4. The second-order valence-corrected chi connectivity index (χ2v) is 6.52. The Hall–Kier alpha value is -3.02. The minimum absolute atomic E-state index is 0.0807. The van der Waals surface area contributed by atoms with Crippen LogP contribution in [0.3, 0.4) is 0 Å². The van der Waals surface area contributed by atoms with Crippen molar-refractivity contribution in [1.29, 1.82) is 0 Å². The van der Waals surface area contributed by atoms with Crippen LogP contribution in [0.4, 0.5) is 4.39 Å². The Kier molecular flexibility index (Phi) is 4.24. The monoisotopic (exact) mass is 351 g/mol. The first-order chi connectivity index (χ1) is 12.6. The van der Waals surface area contributed by atoms with Gasteiger partial charge in [-0.25, -0.2) is 4.39 Å². The molecule has 4 rings (SSSR count). The van der Waals surface area contributed by atoms with E-state index in [1.807, 2.05) is 31.2 Å². The maximum Gasteiger partial charge on any atom is 0.249 e. The largest absolute Gasteiger partial charge is 0.337 e. The van der Waals surface area contributed by atoms with Crippen LogP contribution in [0.2, 0.25) is 0 Å². The number of aromatic nitrogens is 2. The predicted molar refractivity (Wildman–Crippen MR) is 93.4 cm³/mol. The lowest BCUT2D eigenvalue weighted by Gasteiger charge is -2.22. The van der Waals surface area contributed by atoms with E-state index in [1.54, 1.807) is 17.0 Å². The van der Waals surface area contributed by atoms with Crippen molar-refractivity contribution in [2.45, 2.75) is 32.4 Å². The van der Waals surface area contributed by atoms with Gasteiger partial charge in [0.05, 0.1) is 0 Å². The van der Waals surface area contributed by atoms with Crippen LogP contribution in [0.1, 0.15) is 35.9 Å². The summed E-state index contributed by atoms with van der Waals surface area (Å²) in [4.78, 5) is 18.6. The maximum atomic E-state index is 13.1. The fraction of sp³-hybridized carbons (Fsp3) is 0.250. The molecule has 3 aromatic rings. The Morgan fingerprint density at radius 3 is 2.62 bits per heavy atom. The Balaban J connectivity index is 1.57. The normalized spacial score (nSPS) is 17.1. The van der Waals surface area contributed by atoms with Crippen LogP contribution in [-0.4, -0.2) is 20.9 Å². The number of carbonyl (C=O) groups is 1. The summed E-state index contributed by atoms with van der Waals surface area (Å²) in [5, 5.41) is 3.99. The van der Waals surface area contributed by atoms with Gasteiger partial charge in [0.15, 0.2) is 0 Å². The lowest BCUT2D eigenvalue weighted by molar-refractivity contribution is -0.129. The number of benzene rings is 2. The third-order valence-electron chi connectivity index (χ3n) is 4.63. The third-order valence-corrected chi connectivity index (χ3v) is 4.63. The van der Waals surface area contributed by atoms with E-state index in [1.165, 1.54) is 17.7 Å². The molecule has 0 spiro atoms. The van der Waals surface area contributed by atoms with Crippen molar-refractivity contribution >= 4 is 5.91 Å². The van der Waals surface area contributed by atoms with Crippen molar-refractivity contribution in [2.24, 2.45) is 0 Å². The lowest BCUT2D eigenvalue weighted by Crippen LogP contribution is -2.27. The van der Waals surface area contributed by atoms with Crippen molar-refractivity contribution in [3.63, 3.8) is 0 Å². The number of rotatable bonds is 4. The third kappa shape index (κ3) is 3.22. The average Bonchev–Trinajstić information content (AvgIpc) is 3.25. The van der Waals surface area contributed by atoms with Gasteiger partial charge < -0.3 is 9.42 Å². The quantitative estimate of drug-likeness (QED) is 0.711. The number of hydrogen-bond donors (Lipinski definition) is 0. The number of carbonyl (C=O) groups excluding carboxylic acids is 1. The zero-order chi connectivity index (χ0) is 18.1. The van der Waals surface area contributed by atoms with E-state index in [4.69, 9.17) is 4.52 Å². The van der Waals surface area contributed by atoms with Crippen molar-refractivity contribution in [3.8, 4) is 11.4 Å². The van der Waals surface area contributed by atoms with Gasteiger partial charge in [0.1, 0.15) is 11.9 Å². The highest BCUT2D eigenvalue weighted by Gasteiger charge is 2.36. The van der Waals surface area contributed by atoms with Crippen LogP contribution in [0.15, 0.2) is 53.1 Å². The molecule has 0 aliphatic carbocycles. The Morgan fingerprint density at radius 2 is 1.88 bits per heavy atom. The minimum Gasteiger partial charge on any atom is -0.337 e. The number of halogens is 1. The van der Waals surface area contributed by atoms with Crippen molar-refractivity contribution in [1.82, 2.24) is 15.0 Å². The van der Waals surface area contributed by atoms with Gasteiger partial charge in [-0.2, -0.15) is 4.98 Å². The summed E-state index contributed by atoms with van der Waals surface area (Å²) >= 11 is 0. The molecule has 1 aromatic heterocycles. The predicted octanol–water partition coefficient (Wildman–Crippen LogP) is 4.05. The topological polar surface area (TPSA) is 59.2 Å². The van der Waals surface area contributed by atoms with Gasteiger partial charge in [-0.3, -0.25) is 4.79 Å². The lowest BCUT2D eigenvalue weighted by atomic mass is 10.1. The maximum absolute atomic E-state index is 13.1. The number of hydrogen-bond acceptors (Lipinski definition) is 4. The molecule has 0 N–H and O–H groups in total. The molecule has 2 heterocycles. The second-order valence-electron chi connectivity index (χ2n) is 6.52. The van der Waals surface area contributed by atoms with E-state index in [0.717, 1.165) is 5.56 Å². The summed E-state index contributed by atoms with van der Waals surface area (Å²) in [5.74, 6) is 0.581. The molecule has 0 saturated carbocycles. The minimum atomic E-state index is -0.317.